The van der Waals surface area contributed by atoms with Crippen molar-refractivity contribution in [1.29, 1.82) is 0 Å². The lowest BCUT2D eigenvalue weighted by Crippen LogP contribution is -2.59. The first-order chi connectivity index (χ1) is 18.4. The third-order valence-electron chi connectivity index (χ3n) is 6.35. The highest BCUT2D eigenvalue weighted by Crippen LogP contribution is 2.36. The van der Waals surface area contributed by atoms with E-state index in [2.05, 4.69) is 16.0 Å². The highest BCUT2D eigenvalue weighted by atomic mass is 16.5. The molecule has 2 aromatic rings. The van der Waals surface area contributed by atoms with E-state index in [1.165, 1.54) is 4.90 Å². The molecule has 3 atom stereocenters. The Kier molecular flexibility index (Phi) is 9.72. The Morgan fingerprint density at radius 1 is 1.03 bits per heavy atom. The Labute approximate surface area is 230 Å². The monoisotopic (exact) mass is 536 g/mol. The first-order valence-corrected chi connectivity index (χ1v) is 13.4. The van der Waals surface area contributed by atoms with Crippen LogP contribution in [0.15, 0.2) is 54.6 Å². The molecule has 1 aliphatic rings. The molecule has 3 rings (SSSR count). The minimum Gasteiger partial charge on any atom is -0.466 e. The number of ether oxygens (including phenoxy) is 1. The smallest absolute Gasteiger partial charge is 0.308 e. The number of carbonyl (C=O) groups excluding carboxylic acids is 4. The lowest BCUT2D eigenvalue weighted by Gasteiger charge is -2.39. The summed E-state index contributed by atoms with van der Waals surface area (Å²) in [6.07, 6.45) is -0.248. The Hall–Kier alpha value is -3.88. The average Bonchev–Trinajstić information content (AvgIpc) is 2.97. The van der Waals surface area contributed by atoms with Crippen LogP contribution in [0, 0.1) is 5.92 Å². The molecule has 0 aromatic heterocycles. The molecule has 0 radical (unpaired) electrons. The van der Waals surface area contributed by atoms with Gasteiger partial charge in [-0.05, 0) is 45.2 Å². The van der Waals surface area contributed by atoms with E-state index in [1.54, 1.807) is 31.2 Å². The third-order valence-corrected chi connectivity index (χ3v) is 6.35. The molecule has 210 valence electrons. The minimum absolute atomic E-state index is 0.174. The molecule has 2 aromatic carbocycles. The fourth-order valence-corrected chi connectivity index (χ4v) is 4.74. The van der Waals surface area contributed by atoms with Crippen LogP contribution in [-0.4, -0.2) is 52.8 Å². The molecule has 0 spiro atoms. The lowest BCUT2D eigenvalue weighted by molar-refractivity contribution is -0.152. The van der Waals surface area contributed by atoms with E-state index in [-0.39, 0.29) is 31.4 Å². The summed E-state index contributed by atoms with van der Waals surface area (Å²) in [5.74, 6) is -2.22. The van der Waals surface area contributed by atoms with E-state index in [9.17, 15) is 19.2 Å². The van der Waals surface area contributed by atoms with Crippen LogP contribution < -0.4 is 16.0 Å². The van der Waals surface area contributed by atoms with Gasteiger partial charge in [-0.3, -0.25) is 19.2 Å². The number of para-hydroxylation sites is 1. The number of carbonyl (C=O) groups is 4. The van der Waals surface area contributed by atoms with Crippen LogP contribution in [0.4, 0.5) is 5.69 Å². The summed E-state index contributed by atoms with van der Waals surface area (Å²) in [6, 6.07) is 13.4. The van der Waals surface area contributed by atoms with E-state index in [0.29, 0.717) is 11.3 Å². The summed E-state index contributed by atoms with van der Waals surface area (Å²) in [4.78, 5) is 55.8. The van der Waals surface area contributed by atoms with Crippen molar-refractivity contribution in [2.24, 2.45) is 5.92 Å². The average molecular weight is 537 g/mol. The van der Waals surface area contributed by atoms with Crippen molar-refractivity contribution < 1.29 is 23.9 Å². The second-order valence-corrected chi connectivity index (χ2v) is 11.1. The molecule has 9 heteroatoms. The summed E-state index contributed by atoms with van der Waals surface area (Å²) >= 11 is 0. The topological polar surface area (TPSA) is 117 Å². The van der Waals surface area contributed by atoms with Gasteiger partial charge in [0.15, 0.2) is 0 Å². The van der Waals surface area contributed by atoms with Gasteiger partial charge in [-0.1, -0.05) is 62.4 Å². The fraction of sp³-hybridized carbons (Fsp3) is 0.467. The zero-order valence-corrected chi connectivity index (χ0v) is 23.6. The standard InChI is InChI=1S/C30H40N4O5/c1-7-39-24(35)17-23-29(38)34(25(19(2)3)27(36)31-18-20-13-9-8-10-14-20)26(28(37)33-30(4,5)6)21-15-11-12-16-22(21)32-23/h8-16,19,23,25-26,32H,7,17-18H2,1-6H3,(H,31,36)(H,33,37). The molecule has 39 heavy (non-hydrogen) atoms. The zero-order valence-electron chi connectivity index (χ0n) is 23.6. The maximum atomic E-state index is 14.3. The van der Waals surface area contributed by atoms with Crippen LogP contribution in [0.25, 0.3) is 0 Å². The van der Waals surface area contributed by atoms with Gasteiger partial charge in [-0.25, -0.2) is 0 Å². The van der Waals surface area contributed by atoms with Gasteiger partial charge in [0, 0.05) is 23.3 Å². The Bertz CT molecular complexity index is 1180. The van der Waals surface area contributed by atoms with Gasteiger partial charge in [0.2, 0.25) is 17.7 Å². The number of benzene rings is 2. The molecule has 0 fully saturated rings. The molecule has 0 saturated heterocycles. The molecule has 3 N–H and O–H groups in total. The van der Waals surface area contributed by atoms with Crippen LogP contribution >= 0.6 is 0 Å². The molecule has 1 heterocycles. The number of esters is 1. The molecule has 0 saturated carbocycles. The number of rotatable bonds is 9. The summed E-state index contributed by atoms with van der Waals surface area (Å²) in [5.41, 5.74) is 1.41. The van der Waals surface area contributed by atoms with Gasteiger partial charge in [-0.15, -0.1) is 0 Å². The van der Waals surface area contributed by atoms with Crippen LogP contribution in [0.1, 0.15) is 65.1 Å². The quantitative estimate of drug-likeness (QED) is 0.422. The molecular formula is C30H40N4O5. The lowest BCUT2D eigenvalue weighted by atomic mass is 9.94. The van der Waals surface area contributed by atoms with Gasteiger partial charge in [0.25, 0.3) is 0 Å². The first-order valence-electron chi connectivity index (χ1n) is 13.4. The van der Waals surface area contributed by atoms with Crippen molar-refractivity contribution in [2.45, 2.75) is 78.2 Å². The van der Waals surface area contributed by atoms with Crippen LogP contribution in [0.2, 0.25) is 0 Å². The normalized spacial score (nSPS) is 17.9. The Balaban J connectivity index is 2.11. The van der Waals surface area contributed by atoms with Crippen molar-refractivity contribution >= 4 is 29.4 Å². The van der Waals surface area contributed by atoms with E-state index >= 15 is 0 Å². The molecule has 3 amide bonds. The Morgan fingerprint density at radius 3 is 2.28 bits per heavy atom. The minimum atomic E-state index is -1.11. The molecule has 1 aliphatic heterocycles. The van der Waals surface area contributed by atoms with E-state index in [4.69, 9.17) is 4.74 Å². The maximum absolute atomic E-state index is 14.3. The maximum Gasteiger partial charge on any atom is 0.308 e. The number of fused-ring (bicyclic) bond motifs is 1. The van der Waals surface area contributed by atoms with E-state index in [1.807, 2.05) is 65.0 Å². The second kappa shape index (κ2) is 12.8. The van der Waals surface area contributed by atoms with Crippen LogP contribution in [-0.2, 0) is 30.5 Å². The number of anilines is 1. The highest BCUT2D eigenvalue weighted by molar-refractivity contribution is 5.99. The highest BCUT2D eigenvalue weighted by Gasteiger charge is 2.47. The third kappa shape index (κ3) is 7.59. The van der Waals surface area contributed by atoms with Gasteiger partial charge in [0.1, 0.15) is 18.1 Å². The number of nitrogens with one attached hydrogen (secondary N) is 3. The second-order valence-electron chi connectivity index (χ2n) is 11.1. The summed E-state index contributed by atoms with van der Waals surface area (Å²) in [7, 11) is 0. The number of hydrogen-bond acceptors (Lipinski definition) is 6. The summed E-state index contributed by atoms with van der Waals surface area (Å²) in [5, 5.41) is 9.10. The van der Waals surface area contributed by atoms with Gasteiger partial charge in [0.05, 0.1) is 13.0 Å². The van der Waals surface area contributed by atoms with Crippen molar-refractivity contribution in [3.63, 3.8) is 0 Å². The SMILES string of the molecule is CCOC(=O)CC1Nc2ccccc2C(C(=O)NC(C)(C)C)N(C(C(=O)NCc2ccccc2)C(C)C)C1=O. The van der Waals surface area contributed by atoms with Crippen molar-refractivity contribution in [1.82, 2.24) is 15.5 Å². The molecular weight excluding hydrogens is 496 g/mol. The predicted octanol–water partition coefficient (Wildman–Crippen LogP) is 3.56. The predicted molar refractivity (Wildman–Crippen MR) is 150 cm³/mol. The van der Waals surface area contributed by atoms with Crippen molar-refractivity contribution in [3.8, 4) is 0 Å². The summed E-state index contributed by atoms with van der Waals surface area (Å²) < 4.78 is 5.13. The van der Waals surface area contributed by atoms with Crippen molar-refractivity contribution in [3.05, 3.63) is 65.7 Å². The molecule has 9 nitrogen and oxygen atoms in total. The van der Waals surface area contributed by atoms with E-state index in [0.717, 1.165) is 5.56 Å². The zero-order chi connectivity index (χ0) is 28.7. The molecule has 3 unspecified atom stereocenters. The van der Waals surface area contributed by atoms with Gasteiger partial charge >= 0.3 is 5.97 Å². The van der Waals surface area contributed by atoms with Gasteiger partial charge < -0.3 is 25.6 Å². The fourth-order valence-electron chi connectivity index (χ4n) is 4.74. The number of hydrogen-bond donors (Lipinski definition) is 3. The number of nitrogens with zero attached hydrogens (tertiary/aromatic N) is 1. The van der Waals surface area contributed by atoms with E-state index < -0.39 is 41.4 Å². The van der Waals surface area contributed by atoms with Crippen LogP contribution in [0.5, 0.6) is 0 Å². The van der Waals surface area contributed by atoms with Gasteiger partial charge in [-0.2, -0.15) is 0 Å². The number of amides is 3. The molecule has 0 aliphatic carbocycles. The van der Waals surface area contributed by atoms with Crippen molar-refractivity contribution in [2.75, 3.05) is 11.9 Å². The summed E-state index contributed by atoms with van der Waals surface area (Å²) in [6.45, 7) is 11.4. The Morgan fingerprint density at radius 2 is 1.67 bits per heavy atom. The first kappa shape index (κ1) is 29.7. The largest absolute Gasteiger partial charge is 0.466 e. The molecule has 0 bridgehead atoms. The van der Waals surface area contributed by atoms with Crippen LogP contribution in [0.3, 0.4) is 0 Å².